The van der Waals surface area contributed by atoms with Crippen LogP contribution in [0.15, 0.2) is 24.3 Å². The number of aryl methyl sites for hydroxylation is 1. The standard InChI is InChI=1S/C12H17NO2/c1-9-2-4-10(5-3-9)8-11(13)6-7-12(14)15/h2-5,11H,6-8,13H2,1H3,(H,14,15)/t11-/m1/s1. The Morgan fingerprint density at radius 2 is 2.00 bits per heavy atom. The number of hydrogen-bond acceptors (Lipinski definition) is 2. The third-order valence-electron chi connectivity index (χ3n) is 2.35. The zero-order valence-corrected chi connectivity index (χ0v) is 8.94. The second-order valence-corrected chi connectivity index (χ2v) is 3.88. The van der Waals surface area contributed by atoms with Crippen LogP contribution in [0.5, 0.6) is 0 Å². The first-order chi connectivity index (χ1) is 7.08. The summed E-state index contributed by atoms with van der Waals surface area (Å²) in [6, 6.07) is 8.09. The summed E-state index contributed by atoms with van der Waals surface area (Å²) in [6.07, 6.45) is 1.42. The maximum Gasteiger partial charge on any atom is 0.303 e. The van der Waals surface area contributed by atoms with Crippen LogP contribution < -0.4 is 5.73 Å². The molecule has 1 rings (SSSR count). The van der Waals surface area contributed by atoms with E-state index in [1.54, 1.807) is 0 Å². The van der Waals surface area contributed by atoms with E-state index in [4.69, 9.17) is 10.8 Å². The summed E-state index contributed by atoms with van der Waals surface area (Å²) in [6.45, 7) is 2.04. The number of rotatable bonds is 5. The van der Waals surface area contributed by atoms with Crippen LogP contribution in [0.4, 0.5) is 0 Å². The largest absolute Gasteiger partial charge is 0.481 e. The molecule has 0 saturated carbocycles. The molecule has 1 atom stereocenters. The molecule has 0 radical (unpaired) electrons. The molecule has 0 aliphatic carbocycles. The summed E-state index contributed by atoms with van der Waals surface area (Å²) < 4.78 is 0. The Morgan fingerprint density at radius 3 is 2.53 bits per heavy atom. The van der Waals surface area contributed by atoms with E-state index >= 15 is 0 Å². The summed E-state index contributed by atoms with van der Waals surface area (Å²) >= 11 is 0. The van der Waals surface area contributed by atoms with Gasteiger partial charge in [-0.15, -0.1) is 0 Å². The predicted molar refractivity (Wildman–Crippen MR) is 59.7 cm³/mol. The van der Waals surface area contributed by atoms with Crippen LogP contribution in [-0.4, -0.2) is 17.1 Å². The summed E-state index contributed by atoms with van der Waals surface area (Å²) in [5.41, 5.74) is 8.21. The van der Waals surface area contributed by atoms with Crippen LogP contribution in [0.1, 0.15) is 24.0 Å². The van der Waals surface area contributed by atoms with Gasteiger partial charge in [0.1, 0.15) is 0 Å². The minimum atomic E-state index is -0.783. The molecular weight excluding hydrogens is 190 g/mol. The van der Waals surface area contributed by atoms with Gasteiger partial charge >= 0.3 is 5.97 Å². The molecule has 3 N–H and O–H groups in total. The minimum Gasteiger partial charge on any atom is -0.481 e. The second-order valence-electron chi connectivity index (χ2n) is 3.88. The molecule has 0 heterocycles. The van der Waals surface area contributed by atoms with Crippen molar-refractivity contribution in [2.24, 2.45) is 5.73 Å². The van der Waals surface area contributed by atoms with Crippen LogP contribution in [0.2, 0.25) is 0 Å². The number of aliphatic carboxylic acids is 1. The molecule has 1 aromatic carbocycles. The zero-order valence-electron chi connectivity index (χ0n) is 8.94. The molecule has 0 saturated heterocycles. The van der Waals surface area contributed by atoms with Gasteiger partial charge < -0.3 is 10.8 Å². The Balaban J connectivity index is 2.40. The van der Waals surface area contributed by atoms with Gasteiger partial charge in [0, 0.05) is 12.5 Å². The van der Waals surface area contributed by atoms with E-state index in [0.717, 1.165) is 6.42 Å². The number of hydrogen-bond donors (Lipinski definition) is 2. The van der Waals surface area contributed by atoms with E-state index in [1.807, 2.05) is 31.2 Å². The molecule has 0 spiro atoms. The second kappa shape index (κ2) is 5.51. The highest BCUT2D eigenvalue weighted by Gasteiger charge is 2.06. The van der Waals surface area contributed by atoms with Gasteiger partial charge in [0.25, 0.3) is 0 Å². The highest BCUT2D eigenvalue weighted by Crippen LogP contribution is 2.07. The number of carbonyl (C=O) groups is 1. The zero-order chi connectivity index (χ0) is 11.3. The topological polar surface area (TPSA) is 63.3 Å². The third kappa shape index (κ3) is 4.61. The van der Waals surface area contributed by atoms with Gasteiger partial charge in [0.05, 0.1) is 0 Å². The molecule has 0 unspecified atom stereocenters. The maximum absolute atomic E-state index is 10.3. The average molecular weight is 207 g/mol. The lowest BCUT2D eigenvalue weighted by molar-refractivity contribution is -0.137. The fourth-order valence-electron chi connectivity index (χ4n) is 1.44. The van der Waals surface area contributed by atoms with Gasteiger partial charge in [-0.1, -0.05) is 29.8 Å². The highest BCUT2D eigenvalue weighted by atomic mass is 16.4. The Morgan fingerprint density at radius 1 is 1.40 bits per heavy atom. The van der Waals surface area contributed by atoms with Crippen molar-refractivity contribution in [1.82, 2.24) is 0 Å². The molecule has 0 bridgehead atoms. The fourth-order valence-corrected chi connectivity index (χ4v) is 1.44. The van der Waals surface area contributed by atoms with Gasteiger partial charge in [0.2, 0.25) is 0 Å². The van der Waals surface area contributed by atoms with E-state index in [1.165, 1.54) is 11.1 Å². The number of carboxylic acid groups (broad SMARTS) is 1. The first-order valence-electron chi connectivity index (χ1n) is 5.11. The lowest BCUT2D eigenvalue weighted by Gasteiger charge is -2.10. The van der Waals surface area contributed by atoms with Gasteiger partial charge in [-0.3, -0.25) is 4.79 Å². The molecule has 0 amide bonds. The van der Waals surface area contributed by atoms with Gasteiger partial charge in [0.15, 0.2) is 0 Å². The van der Waals surface area contributed by atoms with Crippen molar-refractivity contribution in [2.75, 3.05) is 0 Å². The van der Waals surface area contributed by atoms with Crippen LogP contribution in [0.25, 0.3) is 0 Å². The number of carboxylic acids is 1. The molecule has 0 aliphatic rings. The molecule has 1 aromatic rings. The van der Waals surface area contributed by atoms with E-state index in [0.29, 0.717) is 6.42 Å². The van der Waals surface area contributed by atoms with Crippen molar-refractivity contribution < 1.29 is 9.90 Å². The SMILES string of the molecule is Cc1ccc(C[C@H](N)CCC(=O)O)cc1. The van der Waals surface area contributed by atoms with Gasteiger partial charge in [-0.25, -0.2) is 0 Å². The highest BCUT2D eigenvalue weighted by molar-refractivity contribution is 5.66. The molecule has 15 heavy (non-hydrogen) atoms. The van der Waals surface area contributed by atoms with Crippen LogP contribution in [0, 0.1) is 6.92 Å². The summed E-state index contributed by atoms with van der Waals surface area (Å²) in [5.74, 6) is -0.783. The third-order valence-corrected chi connectivity index (χ3v) is 2.35. The predicted octanol–water partition coefficient (Wildman–Crippen LogP) is 1.73. The Hall–Kier alpha value is -1.35. The molecule has 3 heteroatoms. The van der Waals surface area contributed by atoms with Crippen molar-refractivity contribution in [1.29, 1.82) is 0 Å². The smallest absolute Gasteiger partial charge is 0.303 e. The fraction of sp³-hybridized carbons (Fsp3) is 0.417. The van der Waals surface area contributed by atoms with E-state index < -0.39 is 5.97 Å². The van der Waals surface area contributed by atoms with E-state index in [9.17, 15) is 4.79 Å². The van der Waals surface area contributed by atoms with Crippen molar-refractivity contribution >= 4 is 5.97 Å². The summed E-state index contributed by atoms with van der Waals surface area (Å²) in [4.78, 5) is 10.3. The lowest BCUT2D eigenvalue weighted by atomic mass is 10.0. The quantitative estimate of drug-likeness (QED) is 0.772. The molecule has 82 valence electrons. The van der Waals surface area contributed by atoms with Crippen molar-refractivity contribution in [3.05, 3.63) is 35.4 Å². The summed E-state index contributed by atoms with van der Waals surface area (Å²) in [5, 5.41) is 8.51. The normalized spacial score (nSPS) is 12.4. The monoisotopic (exact) mass is 207 g/mol. The van der Waals surface area contributed by atoms with Crippen LogP contribution in [-0.2, 0) is 11.2 Å². The lowest BCUT2D eigenvalue weighted by Crippen LogP contribution is -2.23. The molecule has 0 aromatic heterocycles. The molecule has 0 aliphatic heterocycles. The molecular formula is C12H17NO2. The first kappa shape index (κ1) is 11.7. The van der Waals surface area contributed by atoms with Gasteiger partial charge in [-0.05, 0) is 25.3 Å². The number of nitrogens with two attached hydrogens (primary N) is 1. The maximum atomic E-state index is 10.3. The summed E-state index contributed by atoms with van der Waals surface area (Å²) in [7, 11) is 0. The van der Waals surface area contributed by atoms with Crippen LogP contribution >= 0.6 is 0 Å². The average Bonchev–Trinajstić information content (AvgIpc) is 2.19. The van der Waals surface area contributed by atoms with Crippen molar-refractivity contribution in [3.63, 3.8) is 0 Å². The van der Waals surface area contributed by atoms with Gasteiger partial charge in [-0.2, -0.15) is 0 Å². The first-order valence-corrected chi connectivity index (χ1v) is 5.11. The Kier molecular flexibility index (Phi) is 4.31. The number of benzene rings is 1. The van der Waals surface area contributed by atoms with Crippen molar-refractivity contribution in [2.45, 2.75) is 32.2 Å². The van der Waals surface area contributed by atoms with Crippen molar-refractivity contribution in [3.8, 4) is 0 Å². The van der Waals surface area contributed by atoms with E-state index in [-0.39, 0.29) is 12.5 Å². The molecule has 3 nitrogen and oxygen atoms in total. The molecule has 0 fully saturated rings. The van der Waals surface area contributed by atoms with Crippen LogP contribution in [0.3, 0.4) is 0 Å². The Bertz CT molecular complexity index is 319. The van der Waals surface area contributed by atoms with E-state index in [2.05, 4.69) is 0 Å². The Labute approximate surface area is 89.9 Å². The minimum absolute atomic E-state index is 0.0659.